The van der Waals surface area contributed by atoms with E-state index in [1.54, 1.807) is 32.9 Å². The van der Waals surface area contributed by atoms with Crippen molar-refractivity contribution < 1.29 is 56.1 Å². The Morgan fingerprint density at radius 3 is 2.12 bits per heavy atom. The van der Waals surface area contributed by atoms with Gasteiger partial charge in [0, 0.05) is 24.3 Å². The molecule has 0 radical (unpaired) electrons. The van der Waals surface area contributed by atoms with E-state index in [-0.39, 0.29) is 35.4 Å². The number of ketones is 3. The number of nitriles is 1. The van der Waals surface area contributed by atoms with Crippen LogP contribution in [0.3, 0.4) is 0 Å². The van der Waals surface area contributed by atoms with Crippen molar-refractivity contribution in [3.05, 3.63) is 95.1 Å². The lowest BCUT2D eigenvalue weighted by Gasteiger charge is -2.26. The van der Waals surface area contributed by atoms with Crippen molar-refractivity contribution in [2.45, 2.75) is 71.3 Å². The van der Waals surface area contributed by atoms with Crippen LogP contribution in [-0.2, 0) is 30.3 Å². The normalized spacial score (nSPS) is 12.9. The molecule has 3 aromatic carbocycles. The maximum Gasteiger partial charge on any atom is 0.450 e. The van der Waals surface area contributed by atoms with Gasteiger partial charge in [0.15, 0.2) is 11.6 Å². The topological polar surface area (TPSA) is 190 Å². The number of amides is 3. The van der Waals surface area contributed by atoms with E-state index in [1.165, 1.54) is 81.6 Å². The fraction of sp³-hybridized carbons (Fsp3) is 0.390. The number of halogens is 3. The van der Waals surface area contributed by atoms with Crippen molar-refractivity contribution in [2.75, 3.05) is 20.3 Å². The Morgan fingerprint density at radius 1 is 0.860 bits per heavy atom. The van der Waals surface area contributed by atoms with E-state index < -0.39 is 84.0 Å². The van der Waals surface area contributed by atoms with Crippen LogP contribution < -0.4 is 25.4 Å². The first kappa shape index (κ1) is 45.2. The van der Waals surface area contributed by atoms with Crippen LogP contribution in [0.25, 0.3) is 0 Å². The number of methoxy groups -OCH3 is 1. The minimum atomic E-state index is -5.20. The van der Waals surface area contributed by atoms with E-state index in [2.05, 4.69) is 16.0 Å². The van der Waals surface area contributed by atoms with E-state index in [0.717, 1.165) is 0 Å². The number of nitrogens with one attached hydrogen (secondary N) is 3. The monoisotopic (exact) mass is 794 g/mol. The highest BCUT2D eigenvalue weighted by Crippen LogP contribution is 2.30. The summed E-state index contributed by atoms with van der Waals surface area (Å²) in [6.07, 6.45) is -7.02. The highest BCUT2D eigenvalue weighted by molar-refractivity contribution is 6.00. The Bertz CT molecular complexity index is 1970. The Hall–Kier alpha value is -6.24. The van der Waals surface area contributed by atoms with Crippen LogP contribution in [0, 0.1) is 23.2 Å². The molecule has 3 amide bonds. The molecule has 3 N–H and O–H groups in total. The van der Waals surface area contributed by atoms with Crippen LogP contribution in [0.2, 0.25) is 0 Å². The van der Waals surface area contributed by atoms with Gasteiger partial charge in [0.2, 0.25) is 11.7 Å². The van der Waals surface area contributed by atoms with Crippen molar-refractivity contribution in [1.29, 1.82) is 5.26 Å². The summed E-state index contributed by atoms with van der Waals surface area (Å²) in [5.74, 6) is -7.25. The molecule has 57 heavy (non-hydrogen) atoms. The molecule has 0 heterocycles. The number of carbonyl (C=O) groups is 6. The number of ether oxygens (including phenoxy) is 3. The molecular formula is C41H45F3N4O9. The van der Waals surface area contributed by atoms with Gasteiger partial charge in [0.05, 0.1) is 25.3 Å². The smallest absolute Gasteiger partial charge is 0.450 e. The van der Waals surface area contributed by atoms with Crippen LogP contribution in [0.5, 0.6) is 11.5 Å². The Labute approximate surface area is 328 Å². The summed E-state index contributed by atoms with van der Waals surface area (Å²) in [6, 6.07) is 16.7. The Balaban J connectivity index is 1.89. The molecule has 0 fully saturated rings. The summed E-state index contributed by atoms with van der Waals surface area (Å²) in [5, 5.41) is 17.0. The number of alkyl halides is 3. The van der Waals surface area contributed by atoms with E-state index in [4.69, 9.17) is 14.2 Å². The zero-order valence-electron chi connectivity index (χ0n) is 32.3. The number of hydrogen-bond donors (Lipinski definition) is 3. The fourth-order valence-corrected chi connectivity index (χ4v) is 5.45. The van der Waals surface area contributed by atoms with Crippen molar-refractivity contribution in [3.63, 3.8) is 0 Å². The van der Waals surface area contributed by atoms with Gasteiger partial charge in [0.25, 0.3) is 5.91 Å². The molecule has 304 valence electrons. The van der Waals surface area contributed by atoms with Crippen LogP contribution in [0.1, 0.15) is 74.1 Å². The largest absolute Gasteiger partial charge is 0.497 e. The highest BCUT2D eigenvalue weighted by Gasteiger charge is 2.45. The summed E-state index contributed by atoms with van der Waals surface area (Å²) >= 11 is 0. The molecule has 0 aliphatic rings. The number of Topliss-reactive ketones (excluding diaryl/α,β-unsaturated/α-hetero) is 3. The number of rotatable bonds is 18. The van der Waals surface area contributed by atoms with Gasteiger partial charge in [-0.05, 0) is 80.3 Å². The summed E-state index contributed by atoms with van der Waals surface area (Å²) in [4.78, 5) is 78.1. The molecule has 0 aliphatic carbocycles. The van der Waals surface area contributed by atoms with Crippen LogP contribution >= 0.6 is 0 Å². The average molecular weight is 795 g/mol. The van der Waals surface area contributed by atoms with Gasteiger partial charge >= 0.3 is 12.3 Å². The molecule has 13 nitrogen and oxygen atoms in total. The van der Waals surface area contributed by atoms with Gasteiger partial charge in [-0.1, -0.05) is 44.2 Å². The summed E-state index contributed by atoms with van der Waals surface area (Å²) < 4.78 is 56.3. The standard InChI is InChI=1S/C41H45F3N4O9/c1-24(2)32(36(51)41(42,43)44)20-34(50)35(27-13-15-30(55-6)16-14-27)48-38(53)33(18-25-9-7-10-26(17-25)21-45)47-37(52)28-11-8-12-31(19-28)56-23-29(49)22-46-39(54)57-40(3,4)5/h7-17,19,24,32-33,35H,18,20,22-23H2,1-6H3,(H,46,54)(H,47,52)(H,48,53)/t32-,33-,35-/m0/s1. The van der Waals surface area contributed by atoms with Crippen LogP contribution in [0.4, 0.5) is 18.0 Å². The zero-order valence-corrected chi connectivity index (χ0v) is 32.3. The minimum absolute atomic E-state index is 0.00336. The number of alkyl carbamates (subject to hydrolysis) is 1. The Morgan fingerprint density at radius 2 is 1.53 bits per heavy atom. The van der Waals surface area contributed by atoms with Crippen molar-refractivity contribution in [3.8, 4) is 17.6 Å². The first-order valence-electron chi connectivity index (χ1n) is 17.8. The second-order valence-electron chi connectivity index (χ2n) is 14.4. The molecule has 0 bridgehead atoms. The lowest BCUT2D eigenvalue weighted by Crippen LogP contribution is -2.50. The molecule has 0 aliphatic heterocycles. The third-order valence-electron chi connectivity index (χ3n) is 8.34. The summed E-state index contributed by atoms with van der Waals surface area (Å²) in [7, 11) is 1.40. The Kier molecular flexibility index (Phi) is 15.9. The third-order valence-corrected chi connectivity index (χ3v) is 8.34. The lowest BCUT2D eigenvalue weighted by atomic mass is 9.84. The van der Waals surface area contributed by atoms with Gasteiger partial charge in [-0.15, -0.1) is 0 Å². The van der Waals surface area contributed by atoms with Crippen molar-refractivity contribution >= 4 is 35.3 Å². The first-order valence-corrected chi connectivity index (χ1v) is 17.8. The second-order valence-corrected chi connectivity index (χ2v) is 14.4. The molecule has 0 saturated heterocycles. The van der Waals surface area contributed by atoms with Crippen molar-refractivity contribution in [1.82, 2.24) is 16.0 Å². The van der Waals surface area contributed by atoms with E-state index >= 15 is 0 Å². The average Bonchev–Trinajstić information content (AvgIpc) is 3.15. The SMILES string of the molecule is COc1ccc([C@H](NC(=O)[C@H](Cc2cccc(C#N)c2)NC(=O)c2cccc(OCC(=O)CNC(=O)OC(C)(C)C)c2)C(=O)C[C@H](C(=O)C(F)(F)F)C(C)C)cc1. The van der Waals surface area contributed by atoms with Crippen molar-refractivity contribution in [2.24, 2.45) is 11.8 Å². The summed E-state index contributed by atoms with van der Waals surface area (Å²) in [6.45, 7) is 6.92. The van der Waals surface area contributed by atoms with Gasteiger partial charge in [-0.3, -0.25) is 24.0 Å². The molecular weight excluding hydrogens is 749 g/mol. The van der Waals surface area contributed by atoms with Crippen LogP contribution in [0.15, 0.2) is 72.8 Å². The van der Waals surface area contributed by atoms with Gasteiger partial charge in [0.1, 0.15) is 35.8 Å². The maximum atomic E-state index is 14.1. The molecule has 0 saturated carbocycles. The van der Waals surface area contributed by atoms with Gasteiger partial charge < -0.3 is 30.2 Å². The second kappa shape index (κ2) is 20.1. The quantitative estimate of drug-likeness (QED) is 0.146. The minimum Gasteiger partial charge on any atom is -0.497 e. The zero-order chi connectivity index (χ0) is 42.5. The molecule has 3 atom stereocenters. The molecule has 0 spiro atoms. The highest BCUT2D eigenvalue weighted by atomic mass is 19.4. The molecule has 3 aromatic rings. The van der Waals surface area contributed by atoms with E-state index in [1.807, 2.05) is 6.07 Å². The van der Waals surface area contributed by atoms with Gasteiger partial charge in [-0.25, -0.2) is 4.79 Å². The van der Waals surface area contributed by atoms with E-state index in [0.29, 0.717) is 11.3 Å². The van der Waals surface area contributed by atoms with Crippen LogP contribution in [-0.4, -0.2) is 73.3 Å². The number of carbonyl (C=O) groups excluding carboxylic acids is 6. The van der Waals surface area contributed by atoms with E-state index in [9.17, 15) is 47.2 Å². The fourth-order valence-electron chi connectivity index (χ4n) is 5.45. The number of hydrogen-bond acceptors (Lipinski definition) is 10. The third kappa shape index (κ3) is 14.4. The lowest BCUT2D eigenvalue weighted by molar-refractivity contribution is -0.177. The number of nitrogens with zero attached hydrogens (tertiary/aromatic N) is 1. The predicted molar refractivity (Wildman–Crippen MR) is 200 cm³/mol. The predicted octanol–water partition coefficient (Wildman–Crippen LogP) is 5.60. The van der Waals surface area contributed by atoms with Gasteiger partial charge in [-0.2, -0.15) is 18.4 Å². The summed E-state index contributed by atoms with van der Waals surface area (Å²) in [5.41, 5.74) is 0.128. The maximum absolute atomic E-state index is 14.1. The molecule has 3 rings (SSSR count). The number of benzene rings is 3. The first-order chi connectivity index (χ1) is 26.7. The molecule has 0 unspecified atom stereocenters. The molecule has 16 heteroatoms. The molecule has 0 aromatic heterocycles.